The van der Waals surface area contributed by atoms with Crippen LogP contribution in [0.25, 0.3) is 0 Å². The summed E-state index contributed by atoms with van der Waals surface area (Å²) in [5, 5.41) is 6.02. The van der Waals surface area contributed by atoms with Crippen LogP contribution >= 0.6 is 15.9 Å². The van der Waals surface area contributed by atoms with Crippen LogP contribution in [0.1, 0.15) is 23.2 Å². The van der Waals surface area contributed by atoms with E-state index in [9.17, 15) is 4.79 Å². The van der Waals surface area contributed by atoms with Gasteiger partial charge in [-0.2, -0.15) is 0 Å². The van der Waals surface area contributed by atoms with E-state index >= 15 is 0 Å². The van der Waals surface area contributed by atoms with Crippen molar-refractivity contribution in [2.45, 2.75) is 18.9 Å². The van der Waals surface area contributed by atoms with Gasteiger partial charge in [-0.3, -0.25) is 10.1 Å². The first kappa shape index (κ1) is 21.1. The van der Waals surface area contributed by atoms with Crippen LogP contribution < -0.4 is 20.1 Å². The zero-order valence-corrected chi connectivity index (χ0v) is 18.0. The van der Waals surface area contributed by atoms with Crippen LogP contribution in [0.5, 0.6) is 11.5 Å². The van der Waals surface area contributed by atoms with Crippen molar-refractivity contribution in [1.82, 2.24) is 5.32 Å². The van der Waals surface area contributed by atoms with E-state index < -0.39 is 0 Å². The van der Waals surface area contributed by atoms with Crippen molar-refractivity contribution in [3.05, 3.63) is 52.5 Å². The molecule has 2 aromatic rings. The zero-order valence-electron chi connectivity index (χ0n) is 16.4. The first-order valence-electron chi connectivity index (χ1n) is 9.30. The fourth-order valence-electron chi connectivity index (χ4n) is 2.91. The average molecular weight is 462 g/mol. The largest absolute Gasteiger partial charge is 0.497 e. The predicted molar refractivity (Wildman–Crippen MR) is 116 cm³/mol. The molecule has 0 unspecified atom stereocenters. The van der Waals surface area contributed by atoms with Crippen LogP contribution in [0.15, 0.2) is 51.9 Å². The van der Waals surface area contributed by atoms with Crippen molar-refractivity contribution in [2.24, 2.45) is 4.99 Å². The SMILES string of the molecule is COc1cc(OC)cc(C(=O)NC(=NC[C@H]2CCCO2)Nc2cccc(Br)c2)c1. The summed E-state index contributed by atoms with van der Waals surface area (Å²) in [5.41, 5.74) is 1.20. The van der Waals surface area contributed by atoms with Crippen LogP contribution in [-0.4, -0.2) is 45.3 Å². The number of benzene rings is 2. The molecule has 0 aliphatic carbocycles. The van der Waals surface area contributed by atoms with Crippen molar-refractivity contribution >= 4 is 33.5 Å². The Bertz CT molecular complexity index is 860. The highest BCUT2D eigenvalue weighted by atomic mass is 79.9. The first-order valence-corrected chi connectivity index (χ1v) is 10.1. The number of hydrogen-bond donors (Lipinski definition) is 2. The van der Waals surface area contributed by atoms with Crippen LogP contribution in [-0.2, 0) is 4.74 Å². The van der Waals surface area contributed by atoms with Gasteiger partial charge in [-0.1, -0.05) is 22.0 Å². The molecular weight excluding hydrogens is 438 g/mol. The fourth-order valence-corrected chi connectivity index (χ4v) is 3.31. The van der Waals surface area contributed by atoms with Gasteiger partial charge in [0.1, 0.15) is 11.5 Å². The zero-order chi connectivity index (χ0) is 20.6. The molecule has 2 aromatic carbocycles. The highest BCUT2D eigenvalue weighted by Gasteiger charge is 2.17. The third-order valence-corrected chi connectivity index (χ3v) is 4.90. The lowest BCUT2D eigenvalue weighted by molar-refractivity contribution is 0.0975. The molecule has 29 heavy (non-hydrogen) atoms. The van der Waals surface area contributed by atoms with Crippen molar-refractivity contribution in [1.29, 1.82) is 0 Å². The molecule has 0 bridgehead atoms. The van der Waals surface area contributed by atoms with Crippen molar-refractivity contribution < 1.29 is 19.0 Å². The van der Waals surface area contributed by atoms with E-state index in [4.69, 9.17) is 14.2 Å². The molecule has 7 nitrogen and oxygen atoms in total. The number of carbonyl (C=O) groups excluding carboxylic acids is 1. The Hall–Kier alpha value is -2.58. The van der Waals surface area contributed by atoms with Crippen molar-refractivity contribution in [3.8, 4) is 11.5 Å². The van der Waals surface area contributed by atoms with Crippen LogP contribution in [0.2, 0.25) is 0 Å². The number of anilines is 1. The number of halogens is 1. The van der Waals surface area contributed by atoms with E-state index in [2.05, 4.69) is 31.6 Å². The molecule has 1 saturated heterocycles. The number of guanidine groups is 1. The summed E-state index contributed by atoms with van der Waals surface area (Å²) in [6.07, 6.45) is 2.07. The predicted octanol–water partition coefficient (Wildman–Crippen LogP) is 3.84. The summed E-state index contributed by atoms with van der Waals surface area (Å²) in [6, 6.07) is 12.6. The fraction of sp³-hybridized carbons (Fsp3) is 0.333. The summed E-state index contributed by atoms with van der Waals surface area (Å²) >= 11 is 3.45. The summed E-state index contributed by atoms with van der Waals surface area (Å²) < 4.78 is 17.1. The number of hydrogen-bond acceptors (Lipinski definition) is 5. The maximum atomic E-state index is 12.9. The van der Waals surface area contributed by atoms with Gasteiger partial charge < -0.3 is 19.5 Å². The van der Waals surface area contributed by atoms with Gasteiger partial charge in [0.15, 0.2) is 0 Å². The highest BCUT2D eigenvalue weighted by molar-refractivity contribution is 9.10. The third kappa shape index (κ3) is 6.20. The number of rotatable bonds is 6. The highest BCUT2D eigenvalue weighted by Crippen LogP contribution is 2.22. The molecular formula is C21H24BrN3O4. The minimum Gasteiger partial charge on any atom is -0.497 e. The number of methoxy groups -OCH3 is 2. The lowest BCUT2D eigenvalue weighted by Gasteiger charge is -2.14. The first-order chi connectivity index (χ1) is 14.1. The Morgan fingerprint density at radius 2 is 1.97 bits per heavy atom. The number of ether oxygens (including phenoxy) is 3. The minimum atomic E-state index is -0.323. The molecule has 154 valence electrons. The lowest BCUT2D eigenvalue weighted by atomic mass is 10.2. The van der Waals surface area contributed by atoms with Crippen LogP contribution in [0.4, 0.5) is 5.69 Å². The monoisotopic (exact) mass is 461 g/mol. The third-order valence-electron chi connectivity index (χ3n) is 4.41. The van der Waals surface area contributed by atoms with E-state index in [1.807, 2.05) is 24.3 Å². The lowest BCUT2D eigenvalue weighted by Crippen LogP contribution is -2.36. The number of aliphatic imine (C=N–C) groups is 1. The van der Waals surface area contributed by atoms with E-state index in [1.54, 1.807) is 32.4 Å². The maximum Gasteiger partial charge on any atom is 0.258 e. The molecule has 1 fully saturated rings. The van der Waals surface area contributed by atoms with Crippen LogP contribution in [0.3, 0.4) is 0 Å². The Morgan fingerprint density at radius 1 is 1.21 bits per heavy atom. The maximum absolute atomic E-state index is 12.9. The second-order valence-electron chi connectivity index (χ2n) is 6.52. The Kier molecular flexibility index (Phi) is 7.48. The van der Waals surface area contributed by atoms with Crippen molar-refractivity contribution in [2.75, 3.05) is 32.7 Å². The average Bonchev–Trinajstić information content (AvgIpc) is 3.25. The van der Waals surface area contributed by atoms with E-state index in [0.717, 1.165) is 29.6 Å². The van der Waals surface area contributed by atoms with Gasteiger partial charge in [-0.15, -0.1) is 0 Å². The molecule has 0 saturated carbocycles. The van der Waals surface area contributed by atoms with Gasteiger partial charge in [0.2, 0.25) is 5.96 Å². The molecule has 2 N–H and O–H groups in total. The molecule has 8 heteroatoms. The van der Waals surface area contributed by atoms with E-state index in [1.165, 1.54) is 0 Å². The van der Waals surface area contributed by atoms with Gasteiger partial charge in [0.25, 0.3) is 5.91 Å². The summed E-state index contributed by atoms with van der Waals surface area (Å²) in [4.78, 5) is 17.4. The summed E-state index contributed by atoms with van der Waals surface area (Å²) in [7, 11) is 3.08. The molecule has 1 aliphatic heterocycles. The molecule has 3 rings (SSSR count). The Labute approximate surface area is 178 Å². The number of carbonyl (C=O) groups is 1. The quantitative estimate of drug-likeness (QED) is 0.504. The number of nitrogens with zero attached hydrogens (tertiary/aromatic N) is 1. The topological polar surface area (TPSA) is 81.2 Å². The molecule has 0 spiro atoms. The summed E-state index contributed by atoms with van der Waals surface area (Å²) in [6.45, 7) is 1.22. The van der Waals surface area contributed by atoms with Gasteiger partial charge in [0, 0.05) is 28.4 Å². The normalized spacial score (nSPS) is 16.4. The number of amides is 1. The van der Waals surface area contributed by atoms with Crippen molar-refractivity contribution in [3.63, 3.8) is 0 Å². The van der Waals surface area contributed by atoms with E-state index in [-0.39, 0.29) is 12.0 Å². The smallest absolute Gasteiger partial charge is 0.258 e. The minimum absolute atomic E-state index is 0.0723. The van der Waals surface area contributed by atoms with Gasteiger partial charge in [-0.25, -0.2) is 4.99 Å². The molecule has 1 aliphatic rings. The van der Waals surface area contributed by atoms with Gasteiger partial charge >= 0.3 is 0 Å². The Balaban J connectivity index is 1.79. The van der Waals surface area contributed by atoms with Gasteiger partial charge in [-0.05, 0) is 43.2 Å². The van der Waals surface area contributed by atoms with Gasteiger partial charge in [0.05, 0.1) is 26.9 Å². The van der Waals surface area contributed by atoms with E-state index in [0.29, 0.717) is 29.6 Å². The second kappa shape index (κ2) is 10.3. The van der Waals surface area contributed by atoms with Crippen LogP contribution in [0, 0.1) is 0 Å². The molecule has 0 radical (unpaired) electrons. The molecule has 1 amide bonds. The number of nitrogens with one attached hydrogen (secondary N) is 2. The Morgan fingerprint density at radius 3 is 2.59 bits per heavy atom. The second-order valence-corrected chi connectivity index (χ2v) is 7.43. The molecule has 0 aromatic heterocycles. The molecule has 1 heterocycles. The molecule has 1 atom stereocenters. The summed E-state index contributed by atoms with van der Waals surface area (Å²) in [5.74, 6) is 1.10. The standard InChI is InChI=1S/C21H24BrN3O4/c1-27-18-9-14(10-19(12-18)28-2)20(26)25-21(23-13-17-7-4-8-29-17)24-16-6-3-5-15(22)11-16/h3,5-6,9-12,17H,4,7-8,13H2,1-2H3,(H2,23,24,25,26)/t17-/m1/s1.